The van der Waals surface area contributed by atoms with Gasteiger partial charge in [0.1, 0.15) is 6.07 Å². The quantitative estimate of drug-likeness (QED) is 0.204. The third kappa shape index (κ3) is 7.19. The summed E-state index contributed by atoms with van der Waals surface area (Å²) < 4.78 is 26.8. The van der Waals surface area contributed by atoms with Crippen molar-refractivity contribution in [3.05, 3.63) is 58.8 Å². The molecule has 2 aromatic rings. The molecule has 1 aliphatic heterocycles. The van der Waals surface area contributed by atoms with Crippen LogP contribution >= 0.6 is 0 Å². The molecular weight excluding hydrogens is 522 g/mol. The molecule has 1 atom stereocenters. The maximum atomic E-state index is 12.6. The van der Waals surface area contributed by atoms with Gasteiger partial charge in [-0.15, -0.1) is 0 Å². The minimum absolute atomic E-state index is 0.175. The molecule has 0 bridgehead atoms. The van der Waals surface area contributed by atoms with Gasteiger partial charge < -0.3 is 34.3 Å². The topological polar surface area (TPSA) is 170 Å². The molecule has 0 spiro atoms. The summed E-state index contributed by atoms with van der Waals surface area (Å²) in [6.07, 6.45) is 1.35. The molecule has 3 N–H and O–H groups in total. The minimum Gasteiger partial charge on any atom is -0.493 e. The van der Waals surface area contributed by atoms with Gasteiger partial charge in [0.25, 0.3) is 5.91 Å². The number of nitriles is 1. The summed E-state index contributed by atoms with van der Waals surface area (Å²) in [4.78, 5) is 37.0. The van der Waals surface area contributed by atoms with Crippen LogP contribution in [0.15, 0.2) is 52.8 Å². The number of hydrogen-bond donors (Lipinski definition) is 3. The standard InChI is InChI=1S/C27H29N5O8/c1-5-38-26(34)23-16(2)30-27(35)31-24(23)17-9-10-19(21(13-17)37-4)40-15-22(33)32-29-14-18-7-6-8-20(36-3)25(18)39-12-11-28/h6-10,13-14,24H,5,12,15H2,1-4H3,(H,32,33)(H2,30,31,35)/b29-14+/t24-/m0/s1. The number of rotatable bonds is 12. The van der Waals surface area contributed by atoms with Gasteiger partial charge in [0.2, 0.25) is 0 Å². The van der Waals surface area contributed by atoms with Crippen molar-refractivity contribution in [3.8, 4) is 29.1 Å². The molecule has 1 aliphatic rings. The number of nitrogens with zero attached hydrogens (tertiary/aromatic N) is 2. The van der Waals surface area contributed by atoms with E-state index < -0.39 is 23.9 Å². The van der Waals surface area contributed by atoms with Crippen LogP contribution in [0.3, 0.4) is 0 Å². The minimum atomic E-state index is -0.785. The molecule has 0 saturated heterocycles. The Labute approximate surface area is 230 Å². The fourth-order valence-electron chi connectivity index (χ4n) is 3.81. The van der Waals surface area contributed by atoms with E-state index in [9.17, 15) is 14.4 Å². The predicted molar refractivity (Wildman–Crippen MR) is 142 cm³/mol. The summed E-state index contributed by atoms with van der Waals surface area (Å²) in [5.41, 5.74) is 4.02. The van der Waals surface area contributed by atoms with Crippen molar-refractivity contribution in [2.75, 3.05) is 34.0 Å². The van der Waals surface area contributed by atoms with Crippen LogP contribution in [0.25, 0.3) is 0 Å². The average Bonchev–Trinajstić information content (AvgIpc) is 2.94. The number of amides is 3. The Balaban J connectivity index is 1.69. The highest BCUT2D eigenvalue weighted by atomic mass is 16.5. The largest absolute Gasteiger partial charge is 0.493 e. The normalized spacial score (nSPS) is 14.5. The monoisotopic (exact) mass is 551 g/mol. The number of hydrazone groups is 1. The molecule has 0 unspecified atom stereocenters. The predicted octanol–water partition coefficient (Wildman–Crippen LogP) is 2.33. The van der Waals surface area contributed by atoms with Crippen LogP contribution in [0, 0.1) is 11.3 Å². The Kier molecular flexibility index (Phi) is 10.3. The van der Waals surface area contributed by atoms with E-state index in [-0.39, 0.29) is 36.9 Å². The van der Waals surface area contributed by atoms with Gasteiger partial charge in [0, 0.05) is 11.3 Å². The zero-order chi connectivity index (χ0) is 29.1. The van der Waals surface area contributed by atoms with Gasteiger partial charge >= 0.3 is 12.0 Å². The van der Waals surface area contributed by atoms with Crippen LogP contribution in [-0.2, 0) is 14.3 Å². The van der Waals surface area contributed by atoms with Crippen molar-refractivity contribution in [2.24, 2.45) is 5.10 Å². The number of ether oxygens (including phenoxy) is 5. The first-order valence-electron chi connectivity index (χ1n) is 12.1. The van der Waals surface area contributed by atoms with E-state index in [1.54, 1.807) is 50.2 Å². The number of methoxy groups -OCH3 is 2. The van der Waals surface area contributed by atoms with Gasteiger partial charge in [-0.2, -0.15) is 10.4 Å². The first kappa shape index (κ1) is 29.3. The number of urea groups is 1. The first-order valence-corrected chi connectivity index (χ1v) is 12.1. The molecule has 210 valence electrons. The van der Waals surface area contributed by atoms with Crippen molar-refractivity contribution < 1.29 is 38.1 Å². The Morgan fingerprint density at radius 2 is 1.90 bits per heavy atom. The number of hydrogen-bond acceptors (Lipinski definition) is 10. The Morgan fingerprint density at radius 1 is 1.12 bits per heavy atom. The number of allylic oxidation sites excluding steroid dienone is 1. The fourth-order valence-corrected chi connectivity index (χ4v) is 3.81. The second-order valence-electron chi connectivity index (χ2n) is 8.11. The molecule has 3 rings (SSSR count). The van der Waals surface area contributed by atoms with Crippen molar-refractivity contribution in [3.63, 3.8) is 0 Å². The lowest BCUT2D eigenvalue weighted by Gasteiger charge is -2.28. The van der Waals surface area contributed by atoms with E-state index in [1.807, 2.05) is 6.07 Å². The molecule has 1 heterocycles. The SMILES string of the molecule is CCOC(=O)C1=C(C)NC(=O)N[C@H]1c1ccc(OCC(=O)N/N=C/c2cccc(OC)c2OCC#N)c(OC)c1. The second kappa shape index (κ2) is 14.1. The van der Waals surface area contributed by atoms with E-state index >= 15 is 0 Å². The molecule has 13 heteroatoms. The van der Waals surface area contributed by atoms with Crippen LogP contribution in [0.5, 0.6) is 23.0 Å². The zero-order valence-corrected chi connectivity index (χ0v) is 22.4. The summed E-state index contributed by atoms with van der Waals surface area (Å²) in [5.74, 6) is 0.132. The molecule has 0 saturated carbocycles. The number of esters is 1. The Hall–Kier alpha value is -5.25. The highest BCUT2D eigenvalue weighted by Gasteiger charge is 2.32. The highest BCUT2D eigenvalue weighted by Crippen LogP contribution is 2.34. The lowest BCUT2D eigenvalue weighted by Crippen LogP contribution is -2.45. The van der Waals surface area contributed by atoms with Crippen molar-refractivity contribution in [1.29, 1.82) is 5.26 Å². The average molecular weight is 552 g/mol. The number of carbonyl (C=O) groups excluding carboxylic acids is 3. The summed E-state index contributed by atoms with van der Waals surface area (Å²) in [6, 6.07) is 10.5. The van der Waals surface area contributed by atoms with Crippen molar-refractivity contribution in [1.82, 2.24) is 16.1 Å². The van der Waals surface area contributed by atoms with Gasteiger partial charge in [-0.3, -0.25) is 4.79 Å². The van der Waals surface area contributed by atoms with Crippen molar-refractivity contribution in [2.45, 2.75) is 19.9 Å². The Bertz CT molecular complexity index is 1370. The molecule has 0 aliphatic carbocycles. The first-order chi connectivity index (χ1) is 19.3. The summed E-state index contributed by atoms with van der Waals surface area (Å²) in [7, 11) is 2.89. The van der Waals surface area contributed by atoms with Gasteiger partial charge in [-0.05, 0) is 43.7 Å². The maximum absolute atomic E-state index is 12.6. The molecule has 0 aromatic heterocycles. The summed E-state index contributed by atoms with van der Waals surface area (Å²) in [5, 5.41) is 18.0. The van der Waals surface area contributed by atoms with E-state index in [0.29, 0.717) is 28.3 Å². The van der Waals surface area contributed by atoms with E-state index in [0.717, 1.165) is 0 Å². The molecule has 0 radical (unpaired) electrons. The van der Waals surface area contributed by atoms with Crippen LogP contribution in [0.2, 0.25) is 0 Å². The fraction of sp³-hybridized carbons (Fsp3) is 0.296. The van der Waals surface area contributed by atoms with Gasteiger partial charge in [0.05, 0.1) is 38.7 Å². The molecular formula is C27H29N5O8. The summed E-state index contributed by atoms with van der Waals surface area (Å²) >= 11 is 0. The number of para-hydroxylation sites is 1. The number of benzene rings is 2. The Morgan fingerprint density at radius 3 is 2.60 bits per heavy atom. The van der Waals surface area contributed by atoms with Crippen LogP contribution in [0.1, 0.15) is 31.0 Å². The third-order valence-electron chi connectivity index (χ3n) is 5.55. The summed E-state index contributed by atoms with van der Waals surface area (Å²) in [6.45, 7) is 2.90. The molecule has 13 nitrogen and oxygen atoms in total. The highest BCUT2D eigenvalue weighted by molar-refractivity contribution is 5.95. The maximum Gasteiger partial charge on any atom is 0.338 e. The molecule has 3 amide bonds. The van der Waals surface area contributed by atoms with Crippen LogP contribution < -0.4 is 35.0 Å². The van der Waals surface area contributed by atoms with Crippen LogP contribution in [-0.4, -0.2) is 58.2 Å². The molecule has 40 heavy (non-hydrogen) atoms. The number of carbonyl (C=O) groups is 3. The zero-order valence-electron chi connectivity index (χ0n) is 22.4. The second-order valence-corrected chi connectivity index (χ2v) is 8.11. The molecule has 2 aromatic carbocycles. The smallest absolute Gasteiger partial charge is 0.338 e. The molecule has 0 fully saturated rings. The van der Waals surface area contributed by atoms with E-state index in [1.165, 1.54) is 20.4 Å². The van der Waals surface area contributed by atoms with Gasteiger partial charge in [0.15, 0.2) is 36.2 Å². The van der Waals surface area contributed by atoms with Crippen molar-refractivity contribution >= 4 is 24.1 Å². The van der Waals surface area contributed by atoms with Gasteiger partial charge in [-0.25, -0.2) is 15.0 Å². The van der Waals surface area contributed by atoms with E-state index in [4.69, 9.17) is 28.9 Å². The van der Waals surface area contributed by atoms with Gasteiger partial charge in [-0.1, -0.05) is 12.1 Å². The van der Waals surface area contributed by atoms with Crippen LogP contribution in [0.4, 0.5) is 4.79 Å². The third-order valence-corrected chi connectivity index (χ3v) is 5.55. The van der Waals surface area contributed by atoms with E-state index in [2.05, 4.69) is 21.2 Å². The number of nitrogens with one attached hydrogen (secondary N) is 3. The lowest BCUT2D eigenvalue weighted by atomic mass is 9.95. The lowest BCUT2D eigenvalue weighted by molar-refractivity contribution is -0.139.